The van der Waals surface area contributed by atoms with E-state index in [1.54, 1.807) is 0 Å². The Labute approximate surface area is 66.0 Å². The van der Waals surface area contributed by atoms with Gasteiger partial charge in [0.25, 0.3) is 0 Å². The smallest absolute Gasteiger partial charge is 0.0391 e. The van der Waals surface area contributed by atoms with Gasteiger partial charge in [-0.25, -0.2) is 0 Å². The standard InChI is InChI=1S/C9H18.CH4/c1-8(2)9-6-4-3-5-7-9;/h8-9H,3-7H2,1-2H3;1H4. The van der Waals surface area contributed by atoms with Crippen LogP contribution >= 0.6 is 0 Å². The summed E-state index contributed by atoms with van der Waals surface area (Å²) in [5.41, 5.74) is 0. The topological polar surface area (TPSA) is 0 Å². The maximum absolute atomic E-state index is 2.36. The SMILES string of the molecule is C.CC(C)C1CCCCC1. The first-order valence-corrected chi connectivity index (χ1v) is 4.30. The Bertz CT molecular complexity index is 68.1. The number of rotatable bonds is 1. The van der Waals surface area contributed by atoms with Crippen LogP contribution in [0.2, 0.25) is 0 Å². The Morgan fingerprint density at radius 3 is 1.80 bits per heavy atom. The van der Waals surface area contributed by atoms with E-state index in [0.717, 1.165) is 11.8 Å². The van der Waals surface area contributed by atoms with Crippen molar-refractivity contribution in [2.24, 2.45) is 11.8 Å². The molecule has 0 bridgehead atoms. The lowest BCUT2D eigenvalue weighted by Gasteiger charge is -2.24. The Kier molecular flexibility index (Phi) is 4.76. The fourth-order valence-corrected chi connectivity index (χ4v) is 1.80. The van der Waals surface area contributed by atoms with Gasteiger partial charge in [0.05, 0.1) is 0 Å². The highest BCUT2D eigenvalue weighted by molar-refractivity contribution is 4.67. The van der Waals surface area contributed by atoms with Gasteiger partial charge < -0.3 is 0 Å². The van der Waals surface area contributed by atoms with Crippen molar-refractivity contribution in [3.05, 3.63) is 0 Å². The first kappa shape index (κ1) is 10.0. The lowest BCUT2D eigenvalue weighted by molar-refractivity contribution is 0.279. The Balaban J connectivity index is 0.000000810. The zero-order chi connectivity index (χ0) is 6.69. The molecule has 0 N–H and O–H groups in total. The molecule has 1 aliphatic rings. The lowest BCUT2D eigenvalue weighted by atomic mass is 9.82. The van der Waals surface area contributed by atoms with Crippen LogP contribution in [-0.4, -0.2) is 0 Å². The Hall–Kier alpha value is 0. The van der Waals surface area contributed by atoms with Crippen molar-refractivity contribution in [3.63, 3.8) is 0 Å². The summed E-state index contributed by atoms with van der Waals surface area (Å²) in [7, 11) is 0. The molecule has 0 heterocycles. The first-order valence-electron chi connectivity index (χ1n) is 4.30. The molecule has 0 spiro atoms. The van der Waals surface area contributed by atoms with Crippen molar-refractivity contribution in [2.45, 2.75) is 53.4 Å². The second-order valence-corrected chi connectivity index (χ2v) is 3.64. The average molecular weight is 142 g/mol. The molecule has 10 heavy (non-hydrogen) atoms. The summed E-state index contributed by atoms with van der Waals surface area (Å²) >= 11 is 0. The molecule has 1 rings (SSSR count). The van der Waals surface area contributed by atoms with E-state index in [-0.39, 0.29) is 7.43 Å². The van der Waals surface area contributed by atoms with Crippen LogP contribution in [-0.2, 0) is 0 Å². The second-order valence-electron chi connectivity index (χ2n) is 3.64. The summed E-state index contributed by atoms with van der Waals surface area (Å²) < 4.78 is 0. The van der Waals surface area contributed by atoms with Crippen LogP contribution in [0.1, 0.15) is 53.4 Å². The molecular formula is C10H22. The number of hydrogen-bond acceptors (Lipinski definition) is 0. The van der Waals surface area contributed by atoms with E-state index in [4.69, 9.17) is 0 Å². The third-order valence-corrected chi connectivity index (χ3v) is 2.59. The zero-order valence-electron chi connectivity index (χ0n) is 6.69. The fraction of sp³-hybridized carbons (Fsp3) is 1.00. The summed E-state index contributed by atoms with van der Waals surface area (Å²) in [5, 5.41) is 0. The third-order valence-electron chi connectivity index (χ3n) is 2.59. The highest BCUT2D eigenvalue weighted by Gasteiger charge is 2.15. The quantitative estimate of drug-likeness (QED) is 0.521. The molecule has 0 aliphatic heterocycles. The van der Waals surface area contributed by atoms with Crippen LogP contribution in [0.5, 0.6) is 0 Å². The van der Waals surface area contributed by atoms with Gasteiger partial charge in [-0.1, -0.05) is 53.4 Å². The van der Waals surface area contributed by atoms with Gasteiger partial charge in [0.1, 0.15) is 0 Å². The largest absolute Gasteiger partial charge is 0.0776 e. The van der Waals surface area contributed by atoms with Gasteiger partial charge in [0.15, 0.2) is 0 Å². The molecule has 0 saturated heterocycles. The molecule has 0 unspecified atom stereocenters. The molecule has 0 aromatic carbocycles. The maximum atomic E-state index is 2.36. The summed E-state index contributed by atoms with van der Waals surface area (Å²) in [6.07, 6.45) is 7.46. The molecular weight excluding hydrogens is 120 g/mol. The zero-order valence-corrected chi connectivity index (χ0v) is 6.69. The van der Waals surface area contributed by atoms with E-state index < -0.39 is 0 Å². The summed E-state index contributed by atoms with van der Waals surface area (Å²) in [4.78, 5) is 0. The molecule has 0 radical (unpaired) electrons. The molecule has 0 aromatic rings. The monoisotopic (exact) mass is 142 g/mol. The molecule has 0 amide bonds. The Morgan fingerprint density at radius 2 is 1.50 bits per heavy atom. The van der Waals surface area contributed by atoms with E-state index in [9.17, 15) is 0 Å². The van der Waals surface area contributed by atoms with Crippen LogP contribution in [0.15, 0.2) is 0 Å². The van der Waals surface area contributed by atoms with Gasteiger partial charge in [-0.2, -0.15) is 0 Å². The minimum absolute atomic E-state index is 0. The first-order chi connectivity index (χ1) is 4.30. The molecule has 1 fully saturated rings. The van der Waals surface area contributed by atoms with Crippen molar-refractivity contribution in [1.29, 1.82) is 0 Å². The second kappa shape index (κ2) is 4.76. The van der Waals surface area contributed by atoms with E-state index >= 15 is 0 Å². The molecule has 0 aromatic heterocycles. The van der Waals surface area contributed by atoms with Gasteiger partial charge in [-0.15, -0.1) is 0 Å². The lowest BCUT2D eigenvalue weighted by Crippen LogP contribution is -2.12. The van der Waals surface area contributed by atoms with E-state index in [0.29, 0.717) is 0 Å². The van der Waals surface area contributed by atoms with E-state index in [2.05, 4.69) is 13.8 Å². The van der Waals surface area contributed by atoms with Crippen LogP contribution in [0.4, 0.5) is 0 Å². The van der Waals surface area contributed by atoms with Crippen molar-refractivity contribution in [3.8, 4) is 0 Å². The van der Waals surface area contributed by atoms with Gasteiger partial charge in [-0.3, -0.25) is 0 Å². The molecule has 1 saturated carbocycles. The molecule has 1 aliphatic carbocycles. The maximum Gasteiger partial charge on any atom is -0.0391 e. The minimum Gasteiger partial charge on any atom is -0.0776 e. The molecule has 0 nitrogen and oxygen atoms in total. The van der Waals surface area contributed by atoms with Gasteiger partial charge in [0, 0.05) is 0 Å². The van der Waals surface area contributed by atoms with Gasteiger partial charge in [-0.05, 0) is 11.8 Å². The highest BCUT2D eigenvalue weighted by Crippen LogP contribution is 2.29. The third kappa shape index (κ3) is 2.72. The van der Waals surface area contributed by atoms with Crippen molar-refractivity contribution in [2.75, 3.05) is 0 Å². The van der Waals surface area contributed by atoms with Crippen molar-refractivity contribution in [1.82, 2.24) is 0 Å². The van der Waals surface area contributed by atoms with Crippen LogP contribution in [0.25, 0.3) is 0 Å². The van der Waals surface area contributed by atoms with Crippen molar-refractivity contribution < 1.29 is 0 Å². The van der Waals surface area contributed by atoms with Gasteiger partial charge in [0.2, 0.25) is 0 Å². The van der Waals surface area contributed by atoms with Crippen LogP contribution in [0, 0.1) is 11.8 Å². The van der Waals surface area contributed by atoms with Crippen molar-refractivity contribution >= 4 is 0 Å². The number of hydrogen-bond donors (Lipinski definition) is 0. The van der Waals surface area contributed by atoms with E-state index in [1.807, 2.05) is 0 Å². The summed E-state index contributed by atoms with van der Waals surface area (Å²) in [6, 6.07) is 0. The molecule has 0 heteroatoms. The van der Waals surface area contributed by atoms with Gasteiger partial charge >= 0.3 is 0 Å². The molecule has 0 atom stereocenters. The van der Waals surface area contributed by atoms with E-state index in [1.165, 1.54) is 32.1 Å². The summed E-state index contributed by atoms with van der Waals surface area (Å²) in [6.45, 7) is 4.71. The molecule has 62 valence electrons. The van der Waals surface area contributed by atoms with Crippen LogP contribution < -0.4 is 0 Å². The predicted octanol–water partition coefficient (Wildman–Crippen LogP) is 3.86. The summed E-state index contributed by atoms with van der Waals surface area (Å²) in [5.74, 6) is 1.99. The fourth-order valence-electron chi connectivity index (χ4n) is 1.80. The van der Waals surface area contributed by atoms with Crippen LogP contribution in [0.3, 0.4) is 0 Å². The Morgan fingerprint density at radius 1 is 1.00 bits per heavy atom. The highest BCUT2D eigenvalue weighted by atomic mass is 14.2. The predicted molar refractivity (Wildman–Crippen MR) is 48.1 cm³/mol. The normalized spacial score (nSPS) is 20.7. The minimum atomic E-state index is 0. The average Bonchev–Trinajstić information content (AvgIpc) is 1.90.